The molecule has 0 bridgehead atoms. The van der Waals surface area contributed by atoms with Crippen LogP contribution in [0.15, 0.2) is 6.07 Å². The van der Waals surface area contributed by atoms with Crippen LogP contribution in [0.5, 0.6) is 0 Å². The molecule has 1 unspecified atom stereocenters. The molecule has 1 aliphatic rings. The third kappa shape index (κ3) is 3.16. The van der Waals surface area contributed by atoms with Crippen LogP contribution in [0.4, 0.5) is 11.6 Å². The van der Waals surface area contributed by atoms with E-state index in [0.29, 0.717) is 19.0 Å². The fraction of sp³-hybridized carbons (Fsp3) is 0.615. The third-order valence-electron chi connectivity index (χ3n) is 3.18. The van der Waals surface area contributed by atoms with Crippen LogP contribution in [0.1, 0.15) is 19.7 Å². The predicted molar refractivity (Wildman–Crippen MR) is 76.7 cm³/mol. The van der Waals surface area contributed by atoms with E-state index < -0.39 is 0 Å². The number of anilines is 2. The lowest BCUT2D eigenvalue weighted by Gasteiger charge is -2.34. The van der Waals surface area contributed by atoms with Crippen molar-refractivity contribution in [2.45, 2.75) is 26.5 Å². The van der Waals surface area contributed by atoms with Crippen molar-refractivity contribution in [3.05, 3.63) is 11.9 Å². The molecule has 1 fully saturated rings. The summed E-state index contributed by atoms with van der Waals surface area (Å²) in [6, 6.07) is 1.64. The van der Waals surface area contributed by atoms with E-state index in [1.807, 2.05) is 24.8 Å². The summed E-state index contributed by atoms with van der Waals surface area (Å²) in [5.41, 5.74) is 0. The summed E-state index contributed by atoms with van der Waals surface area (Å²) < 4.78 is 5.10. The molecule has 7 nitrogen and oxygen atoms in total. The SMILES string of the molecule is CCNc1cc(N2CCNC(=O)C2C)nc(COC)n1. The average molecular weight is 279 g/mol. The van der Waals surface area contributed by atoms with Crippen molar-refractivity contribution in [3.63, 3.8) is 0 Å². The van der Waals surface area contributed by atoms with Crippen molar-refractivity contribution in [2.24, 2.45) is 0 Å². The maximum Gasteiger partial charge on any atom is 0.242 e. The number of carbonyl (C=O) groups excluding carboxylic acids is 1. The lowest BCUT2D eigenvalue weighted by molar-refractivity contribution is -0.122. The Balaban J connectivity index is 2.31. The van der Waals surface area contributed by atoms with E-state index in [2.05, 4.69) is 20.6 Å². The average Bonchev–Trinajstić information content (AvgIpc) is 2.42. The van der Waals surface area contributed by atoms with Gasteiger partial charge in [-0.2, -0.15) is 0 Å². The zero-order valence-corrected chi connectivity index (χ0v) is 12.1. The van der Waals surface area contributed by atoms with Crippen LogP contribution in [0.25, 0.3) is 0 Å². The second-order valence-corrected chi connectivity index (χ2v) is 4.65. The Morgan fingerprint density at radius 3 is 3.05 bits per heavy atom. The van der Waals surface area contributed by atoms with Crippen LogP contribution in [-0.2, 0) is 16.1 Å². The molecule has 2 heterocycles. The number of carbonyl (C=O) groups is 1. The first-order valence-electron chi connectivity index (χ1n) is 6.80. The first-order valence-corrected chi connectivity index (χ1v) is 6.80. The Kier molecular flexibility index (Phi) is 4.73. The molecule has 20 heavy (non-hydrogen) atoms. The summed E-state index contributed by atoms with van der Waals surface area (Å²) in [6.45, 7) is 6.37. The van der Waals surface area contributed by atoms with Crippen molar-refractivity contribution < 1.29 is 9.53 Å². The molecule has 1 aromatic heterocycles. The van der Waals surface area contributed by atoms with E-state index in [1.165, 1.54) is 0 Å². The number of hydrogen-bond acceptors (Lipinski definition) is 6. The van der Waals surface area contributed by atoms with Crippen LogP contribution in [0.2, 0.25) is 0 Å². The minimum atomic E-state index is -0.233. The van der Waals surface area contributed by atoms with Crippen LogP contribution < -0.4 is 15.5 Å². The molecule has 0 saturated carbocycles. The lowest BCUT2D eigenvalue weighted by atomic mass is 10.2. The molecule has 0 aliphatic carbocycles. The standard InChI is InChI=1S/C13H21N5O2/c1-4-14-10-7-12(17-11(16-10)8-20-3)18-6-5-15-13(19)9(18)2/h7,9H,4-6,8H2,1-3H3,(H,15,19)(H,14,16,17). The largest absolute Gasteiger partial charge is 0.377 e. The molecule has 1 aliphatic heterocycles. The molecule has 1 atom stereocenters. The van der Waals surface area contributed by atoms with Gasteiger partial charge in [0.15, 0.2) is 5.82 Å². The van der Waals surface area contributed by atoms with Gasteiger partial charge in [0.2, 0.25) is 5.91 Å². The Morgan fingerprint density at radius 1 is 1.55 bits per heavy atom. The van der Waals surface area contributed by atoms with Crippen molar-refractivity contribution in [1.29, 1.82) is 0 Å². The van der Waals surface area contributed by atoms with E-state index >= 15 is 0 Å². The number of piperazine rings is 1. The number of nitrogens with one attached hydrogen (secondary N) is 2. The lowest BCUT2D eigenvalue weighted by Crippen LogP contribution is -2.54. The maximum atomic E-state index is 11.8. The van der Waals surface area contributed by atoms with Gasteiger partial charge in [-0.1, -0.05) is 0 Å². The highest BCUT2D eigenvalue weighted by molar-refractivity contribution is 5.85. The van der Waals surface area contributed by atoms with Gasteiger partial charge in [-0.25, -0.2) is 9.97 Å². The molecule has 1 saturated heterocycles. The number of rotatable bonds is 5. The van der Waals surface area contributed by atoms with Gasteiger partial charge in [0, 0.05) is 32.8 Å². The van der Waals surface area contributed by atoms with Crippen LogP contribution in [0.3, 0.4) is 0 Å². The van der Waals surface area contributed by atoms with E-state index in [-0.39, 0.29) is 11.9 Å². The van der Waals surface area contributed by atoms with E-state index in [1.54, 1.807) is 7.11 Å². The Labute approximate surface area is 118 Å². The monoisotopic (exact) mass is 279 g/mol. The van der Waals surface area contributed by atoms with Crippen molar-refractivity contribution >= 4 is 17.5 Å². The van der Waals surface area contributed by atoms with Crippen molar-refractivity contribution in [2.75, 3.05) is 37.0 Å². The normalized spacial score (nSPS) is 18.9. The van der Waals surface area contributed by atoms with Crippen molar-refractivity contribution in [3.8, 4) is 0 Å². The van der Waals surface area contributed by atoms with Gasteiger partial charge in [0.05, 0.1) is 0 Å². The molecule has 110 valence electrons. The molecule has 7 heteroatoms. The number of nitrogens with zero attached hydrogens (tertiary/aromatic N) is 3. The molecule has 2 N–H and O–H groups in total. The Bertz CT molecular complexity index is 456. The number of aromatic nitrogens is 2. The molecule has 0 aromatic carbocycles. The summed E-state index contributed by atoms with van der Waals surface area (Å²) >= 11 is 0. The van der Waals surface area contributed by atoms with Crippen LogP contribution in [-0.4, -0.2) is 48.7 Å². The highest BCUT2D eigenvalue weighted by atomic mass is 16.5. The van der Waals surface area contributed by atoms with Gasteiger partial charge < -0.3 is 20.3 Å². The summed E-state index contributed by atoms with van der Waals surface area (Å²) in [7, 11) is 1.61. The van der Waals surface area contributed by atoms with Gasteiger partial charge in [-0.3, -0.25) is 4.79 Å². The Morgan fingerprint density at radius 2 is 2.35 bits per heavy atom. The second kappa shape index (κ2) is 6.51. The first kappa shape index (κ1) is 14.5. The molecular weight excluding hydrogens is 258 g/mol. The minimum Gasteiger partial charge on any atom is -0.377 e. The maximum absolute atomic E-state index is 11.8. The van der Waals surface area contributed by atoms with Crippen molar-refractivity contribution in [1.82, 2.24) is 15.3 Å². The highest BCUT2D eigenvalue weighted by Crippen LogP contribution is 2.20. The molecule has 2 rings (SSSR count). The summed E-state index contributed by atoms with van der Waals surface area (Å²) in [6.07, 6.45) is 0. The topological polar surface area (TPSA) is 79.4 Å². The quantitative estimate of drug-likeness (QED) is 0.811. The van der Waals surface area contributed by atoms with Crippen LogP contribution in [0, 0.1) is 0 Å². The summed E-state index contributed by atoms with van der Waals surface area (Å²) in [5, 5.41) is 6.02. The molecule has 1 amide bonds. The molecule has 0 radical (unpaired) electrons. The predicted octanol–water partition coefficient (Wildman–Crippen LogP) is 0.380. The van der Waals surface area contributed by atoms with Crippen LogP contribution >= 0.6 is 0 Å². The molecule has 1 aromatic rings. The highest BCUT2D eigenvalue weighted by Gasteiger charge is 2.27. The number of hydrogen-bond donors (Lipinski definition) is 2. The van der Waals surface area contributed by atoms with Gasteiger partial charge in [-0.15, -0.1) is 0 Å². The second-order valence-electron chi connectivity index (χ2n) is 4.65. The third-order valence-corrected chi connectivity index (χ3v) is 3.18. The number of ether oxygens (including phenoxy) is 1. The van der Waals surface area contributed by atoms with Gasteiger partial charge in [0.25, 0.3) is 0 Å². The van der Waals surface area contributed by atoms with E-state index in [9.17, 15) is 4.79 Å². The van der Waals surface area contributed by atoms with Gasteiger partial charge in [-0.05, 0) is 13.8 Å². The van der Waals surface area contributed by atoms with Gasteiger partial charge >= 0.3 is 0 Å². The van der Waals surface area contributed by atoms with Gasteiger partial charge in [0.1, 0.15) is 24.3 Å². The molecular formula is C13H21N5O2. The smallest absolute Gasteiger partial charge is 0.242 e. The van der Waals surface area contributed by atoms with E-state index in [4.69, 9.17) is 4.74 Å². The summed E-state index contributed by atoms with van der Waals surface area (Å²) in [4.78, 5) is 22.6. The Hall–Kier alpha value is -1.89. The number of methoxy groups -OCH3 is 1. The summed E-state index contributed by atoms with van der Waals surface area (Å²) in [5.74, 6) is 2.14. The first-order chi connectivity index (χ1) is 9.65. The zero-order valence-electron chi connectivity index (χ0n) is 12.1. The molecule has 0 spiro atoms. The number of amides is 1. The minimum absolute atomic E-state index is 0.0214. The zero-order chi connectivity index (χ0) is 14.5. The fourth-order valence-electron chi connectivity index (χ4n) is 2.19. The van der Waals surface area contributed by atoms with E-state index in [0.717, 1.165) is 24.7 Å². The fourth-order valence-corrected chi connectivity index (χ4v) is 2.19.